The van der Waals surface area contributed by atoms with E-state index in [4.69, 9.17) is 5.11 Å². The minimum absolute atomic E-state index is 0.104. The van der Waals surface area contributed by atoms with Gasteiger partial charge in [-0.15, -0.1) is 0 Å². The third-order valence-corrected chi connectivity index (χ3v) is 3.56. The molecule has 0 aromatic heterocycles. The van der Waals surface area contributed by atoms with Crippen LogP contribution in [-0.2, 0) is 9.59 Å². The number of aliphatic carboxylic acids is 1. The molecule has 0 bridgehead atoms. The number of hydrogen-bond acceptors (Lipinski definition) is 3. The van der Waals surface area contributed by atoms with Crippen molar-refractivity contribution in [1.82, 2.24) is 14.7 Å². The monoisotopic (exact) mass is 299 g/mol. The van der Waals surface area contributed by atoms with Gasteiger partial charge in [-0.2, -0.15) is 0 Å². The predicted octanol–water partition coefficient (Wildman–Crippen LogP) is 0.703. The molecule has 0 spiro atoms. The summed E-state index contributed by atoms with van der Waals surface area (Å²) in [4.78, 5) is 39.9. The van der Waals surface area contributed by atoms with Crippen LogP contribution < -0.4 is 0 Å². The molecular formula is C14H25N3O4. The molecule has 7 heteroatoms. The Bertz CT molecular complexity index is 398. The first-order valence-electron chi connectivity index (χ1n) is 7.33. The highest BCUT2D eigenvalue weighted by atomic mass is 16.4. The van der Waals surface area contributed by atoms with Gasteiger partial charge in [0.2, 0.25) is 5.91 Å². The van der Waals surface area contributed by atoms with Crippen LogP contribution in [0.1, 0.15) is 26.2 Å². The lowest BCUT2D eigenvalue weighted by Gasteiger charge is -2.35. The highest BCUT2D eigenvalue weighted by molar-refractivity contribution is 5.84. The smallest absolute Gasteiger partial charge is 0.323 e. The van der Waals surface area contributed by atoms with Crippen LogP contribution in [0, 0.1) is 5.92 Å². The molecular weight excluding hydrogens is 274 g/mol. The molecule has 1 aliphatic heterocycles. The van der Waals surface area contributed by atoms with Crippen LogP contribution >= 0.6 is 0 Å². The maximum atomic E-state index is 12.5. The summed E-state index contributed by atoms with van der Waals surface area (Å²) in [5, 5.41) is 8.91. The van der Waals surface area contributed by atoms with Gasteiger partial charge in [-0.3, -0.25) is 9.59 Å². The van der Waals surface area contributed by atoms with Crippen molar-refractivity contribution in [3.8, 4) is 0 Å². The van der Waals surface area contributed by atoms with E-state index in [2.05, 4.69) is 0 Å². The summed E-state index contributed by atoms with van der Waals surface area (Å²) in [6.45, 7) is 3.09. The lowest BCUT2D eigenvalue weighted by atomic mass is 9.96. The number of carboxylic acid groups (broad SMARTS) is 1. The molecule has 0 aromatic carbocycles. The number of carbonyl (C=O) groups is 3. The van der Waals surface area contributed by atoms with E-state index >= 15 is 0 Å². The summed E-state index contributed by atoms with van der Waals surface area (Å²) < 4.78 is 0. The number of likely N-dealkylation sites (tertiary alicyclic amines) is 1. The second kappa shape index (κ2) is 7.85. The van der Waals surface area contributed by atoms with Gasteiger partial charge < -0.3 is 19.8 Å². The Morgan fingerprint density at radius 1 is 1.29 bits per heavy atom. The minimum Gasteiger partial charge on any atom is -0.480 e. The van der Waals surface area contributed by atoms with Crippen molar-refractivity contribution in [1.29, 1.82) is 0 Å². The van der Waals surface area contributed by atoms with Crippen molar-refractivity contribution < 1.29 is 19.5 Å². The zero-order chi connectivity index (χ0) is 16.0. The Balaban J connectivity index is 2.71. The average molecular weight is 299 g/mol. The summed E-state index contributed by atoms with van der Waals surface area (Å²) in [6.07, 6.45) is 2.19. The van der Waals surface area contributed by atoms with E-state index in [0.29, 0.717) is 32.5 Å². The highest BCUT2D eigenvalue weighted by Gasteiger charge is 2.32. The zero-order valence-electron chi connectivity index (χ0n) is 13.0. The van der Waals surface area contributed by atoms with Crippen molar-refractivity contribution in [3.63, 3.8) is 0 Å². The summed E-state index contributed by atoms with van der Waals surface area (Å²) in [7, 11) is 3.36. The van der Waals surface area contributed by atoms with Gasteiger partial charge in [-0.25, -0.2) is 4.79 Å². The Hall–Kier alpha value is -1.79. The number of rotatable bonds is 5. The molecule has 0 saturated carbocycles. The third-order valence-electron chi connectivity index (χ3n) is 3.56. The number of hydrogen-bond donors (Lipinski definition) is 1. The molecule has 1 saturated heterocycles. The second-order valence-corrected chi connectivity index (χ2v) is 5.62. The SMILES string of the molecule is CCCN(CC(=O)O)C(=O)C1CCCN(C(=O)N(C)C)C1. The van der Waals surface area contributed by atoms with E-state index in [1.54, 1.807) is 19.0 Å². The Labute approximate surface area is 125 Å². The number of piperidine rings is 1. The van der Waals surface area contributed by atoms with Crippen LogP contribution in [0.2, 0.25) is 0 Å². The Morgan fingerprint density at radius 2 is 1.95 bits per heavy atom. The van der Waals surface area contributed by atoms with E-state index in [1.807, 2.05) is 6.92 Å². The van der Waals surface area contributed by atoms with Crippen LogP contribution in [0.25, 0.3) is 0 Å². The van der Waals surface area contributed by atoms with Crippen LogP contribution in [-0.4, -0.2) is 78.0 Å². The van der Waals surface area contributed by atoms with E-state index in [-0.39, 0.29) is 24.4 Å². The molecule has 7 nitrogen and oxygen atoms in total. The predicted molar refractivity (Wildman–Crippen MR) is 77.9 cm³/mol. The van der Waals surface area contributed by atoms with E-state index in [1.165, 1.54) is 9.80 Å². The van der Waals surface area contributed by atoms with Gasteiger partial charge >= 0.3 is 12.0 Å². The summed E-state index contributed by atoms with van der Waals surface area (Å²) in [5.41, 5.74) is 0. The number of carboxylic acids is 1. The molecule has 1 fully saturated rings. The molecule has 0 radical (unpaired) electrons. The van der Waals surface area contributed by atoms with Crippen molar-refractivity contribution in [2.45, 2.75) is 26.2 Å². The molecule has 1 rings (SSSR count). The molecule has 3 amide bonds. The third kappa shape index (κ3) is 4.91. The Morgan fingerprint density at radius 3 is 2.48 bits per heavy atom. The minimum atomic E-state index is -1.01. The molecule has 0 aromatic rings. The van der Waals surface area contributed by atoms with Crippen LogP contribution in [0.15, 0.2) is 0 Å². The summed E-state index contributed by atoms with van der Waals surface area (Å²) >= 11 is 0. The average Bonchev–Trinajstić information content (AvgIpc) is 2.44. The van der Waals surface area contributed by atoms with E-state index in [9.17, 15) is 14.4 Å². The van der Waals surface area contributed by atoms with Crippen LogP contribution in [0.4, 0.5) is 4.79 Å². The van der Waals surface area contributed by atoms with Crippen molar-refractivity contribution in [3.05, 3.63) is 0 Å². The quantitative estimate of drug-likeness (QED) is 0.810. The number of amides is 3. The first-order chi connectivity index (χ1) is 9.86. The normalized spacial score (nSPS) is 18.2. The van der Waals surface area contributed by atoms with E-state index < -0.39 is 5.97 Å². The molecule has 120 valence electrons. The Kier molecular flexibility index (Phi) is 6.45. The fraction of sp³-hybridized carbons (Fsp3) is 0.786. The van der Waals surface area contributed by atoms with Gasteiger partial charge in [0.15, 0.2) is 0 Å². The largest absolute Gasteiger partial charge is 0.480 e. The molecule has 1 aliphatic rings. The van der Waals surface area contributed by atoms with Crippen LogP contribution in [0.5, 0.6) is 0 Å². The molecule has 21 heavy (non-hydrogen) atoms. The van der Waals surface area contributed by atoms with Gasteiger partial charge in [-0.1, -0.05) is 6.92 Å². The lowest BCUT2D eigenvalue weighted by Crippen LogP contribution is -2.50. The van der Waals surface area contributed by atoms with Crippen molar-refractivity contribution in [2.75, 3.05) is 40.3 Å². The first-order valence-corrected chi connectivity index (χ1v) is 7.33. The topological polar surface area (TPSA) is 81.2 Å². The first kappa shape index (κ1) is 17.3. The van der Waals surface area contributed by atoms with Gasteiger partial charge in [0, 0.05) is 33.7 Å². The number of urea groups is 1. The zero-order valence-corrected chi connectivity index (χ0v) is 13.0. The number of nitrogens with zero attached hydrogens (tertiary/aromatic N) is 3. The fourth-order valence-corrected chi connectivity index (χ4v) is 2.59. The maximum Gasteiger partial charge on any atom is 0.323 e. The molecule has 1 heterocycles. The molecule has 1 atom stereocenters. The van der Waals surface area contributed by atoms with E-state index in [0.717, 1.165) is 6.42 Å². The van der Waals surface area contributed by atoms with Crippen molar-refractivity contribution >= 4 is 17.9 Å². The summed E-state index contributed by atoms with van der Waals surface area (Å²) in [6, 6.07) is -0.104. The van der Waals surface area contributed by atoms with Gasteiger partial charge in [0.05, 0.1) is 5.92 Å². The van der Waals surface area contributed by atoms with Gasteiger partial charge in [0.25, 0.3) is 0 Å². The van der Waals surface area contributed by atoms with Gasteiger partial charge in [-0.05, 0) is 19.3 Å². The molecule has 1 N–H and O–H groups in total. The van der Waals surface area contributed by atoms with Crippen molar-refractivity contribution in [2.24, 2.45) is 5.92 Å². The van der Waals surface area contributed by atoms with Crippen LogP contribution in [0.3, 0.4) is 0 Å². The standard InChI is InChI=1S/C14H25N3O4/c1-4-7-16(10-12(18)19)13(20)11-6-5-8-17(9-11)14(21)15(2)3/h11H,4-10H2,1-3H3,(H,18,19). The summed E-state index contributed by atoms with van der Waals surface area (Å²) in [5.74, 6) is -1.46. The second-order valence-electron chi connectivity index (χ2n) is 5.62. The molecule has 0 aliphatic carbocycles. The number of carbonyl (C=O) groups excluding carboxylic acids is 2. The molecule has 1 unspecified atom stereocenters. The van der Waals surface area contributed by atoms with Gasteiger partial charge in [0.1, 0.15) is 6.54 Å². The highest BCUT2D eigenvalue weighted by Crippen LogP contribution is 2.20. The lowest BCUT2D eigenvalue weighted by molar-refractivity contribution is -0.147. The maximum absolute atomic E-state index is 12.5. The fourth-order valence-electron chi connectivity index (χ4n) is 2.59.